The number of cyclic esters (lactones) is 1. The molecule has 21 heteroatoms. The van der Waals surface area contributed by atoms with Crippen LogP contribution in [0.4, 0.5) is 4.39 Å². The number of likely N-dealkylation sites (N-methyl/N-ethyl adjacent to an activating group) is 1. The quantitative estimate of drug-likeness (QED) is 0.0696. The average molecular weight is 1090 g/mol. The lowest BCUT2D eigenvalue weighted by Gasteiger charge is -2.50. The SMILES string of the molecule is CC[C@H]1OC(=O)[C@H](C)[C@@H](O[C@H]2C[C@@](C)(OC)[C@@H](O)[C@H](C)O2)[C@H](C)[C@@H](O[C@@H]2O[C@H](C)C[C@H](N(C)CCc3cn([C@H](CF)[C@H](OC)c4ccc(-c5ccc[n+](O)c5)cc4)nn3)[C@H]2O)[C@](C)(OC)C[C@@H](C)C(=O)[C@H](C)[C@@H](O)[C@]1(C)O. The van der Waals surface area contributed by atoms with Crippen molar-refractivity contribution in [3.8, 4) is 11.1 Å². The van der Waals surface area contributed by atoms with Crippen LogP contribution in [0, 0.1) is 23.7 Å². The number of carbonyl (C=O) groups is 2. The lowest BCUT2D eigenvalue weighted by atomic mass is 9.74. The second-order valence-corrected chi connectivity index (χ2v) is 22.6. The summed E-state index contributed by atoms with van der Waals surface area (Å²) in [5.74, 6) is -4.90. The highest BCUT2D eigenvalue weighted by atomic mass is 19.1. The van der Waals surface area contributed by atoms with Gasteiger partial charge >= 0.3 is 5.97 Å². The Morgan fingerprint density at radius 3 is 2.19 bits per heavy atom. The molecule has 77 heavy (non-hydrogen) atoms. The highest BCUT2D eigenvalue weighted by Crippen LogP contribution is 2.42. The second kappa shape index (κ2) is 26.0. The highest BCUT2D eigenvalue weighted by molar-refractivity contribution is 5.83. The van der Waals surface area contributed by atoms with E-state index in [9.17, 15) is 39.6 Å². The summed E-state index contributed by atoms with van der Waals surface area (Å²) in [6.45, 7) is 16.5. The first-order valence-electron chi connectivity index (χ1n) is 27.0. The number of Topliss-reactive ketones (excluding diaryl/α,β-unsaturated/α-hetero) is 1. The summed E-state index contributed by atoms with van der Waals surface area (Å²) in [6.07, 6.45) is -5.63. The summed E-state index contributed by atoms with van der Waals surface area (Å²) < 4.78 is 68.0. The number of aliphatic hydroxyl groups excluding tert-OH is 3. The maximum absolute atomic E-state index is 15.0. The second-order valence-electron chi connectivity index (χ2n) is 22.6. The molecule has 432 valence electrons. The maximum atomic E-state index is 15.0. The van der Waals surface area contributed by atoms with Gasteiger partial charge < -0.3 is 63.2 Å². The van der Waals surface area contributed by atoms with Gasteiger partial charge in [0, 0.05) is 81.5 Å². The Balaban J connectivity index is 1.27. The number of hydrogen-bond donors (Lipinski definition) is 5. The summed E-state index contributed by atoms with van der Waals surface area (Å²) in [5, 5.41) is 65.6. The first kappa shape index (κ1) is 62.1. The lowest BCUT2D eigenvalue weighted by molar-refractivity contribution is -0.904. The molecule has 3 aromatic rings. The van der Waals surface area contributed by atoms with Gasteiger partial charge in [-0.25, -0.2) is 9.07 Å². The number of nitrogens with zero attached hydrogens (tertiary/aromatic N) is 5. The Labute approximate surface area is 453 Å². The van der Waals surface area contributed by atoms with Crippen molar-refractivity contribution < 1.29 is 82.2 Å². The van der Waals surface area contributed by atoms with Crippen LogP contribution in [0.5, 0.6) is 0 Å². The summed E-state index contributed by atoms with van der Waals surface area (Å²) in [4.78, 5) is 30.8. The van der Waals surface area contributed by atoms with E-state index in [1.54, 1.807) is 60.0 Å². The van der Waals surface area contributed by atoms with Crippen LogP contribution >= 0.6 is 0 Å². The molecule has 2 aromatic heterocycles. The van der Waals surface area contributed by atoms with E-state index in [1.807, 2.05) is 56.1 Å². The van der Waals surface area contributed by atoms with Crippen LogP contribution in [-0.4, -0.2) is 183 Å². The minimum absolute atomic E-state index is 0.0347. The molecule has 6 rings (SSSR count). The maximum Gasteiger partial charge on any atom is 0.311 e. The van der Waals surface area contributed by atoms with Gasteiger partial charge in [0.15, 0.2) is 12.6 Å². The number of benzene rings is 1. The van der Waals surface area contributed by atoms with Crippen molar-refractivity contribution in [3.63, 3.8) is 0 Å². The van der Waals surface area contributed by atoms with Crippen molar-refractivity contribution >= 4 is 11.8 Å². The molecule has 0 radical (unpaired) electrons. The number of ether oxygens (including phenoxy) is 8. The fourth-order valence-electron chi connectivity index (χ4n) is 11.9. The molecule has 0 saturated carbocycles. The number of aliphatic hydroxyl groups is 4. The molecule has 3 saturated heterocycles. The van der Waals surface area contributed by atoms with Gasteiger partial charge in [0.05, 0.1) is 58.9 Å². The molecule has 3 aliphatic heterocycles. The Hall–Kier alpha value is -4.10. The number of carbonyl (C=O) groups excluding carboxylic acids is 2. The van der Waals surface area contributed by atoms with Gasteiger partial charge in [-0.2, -0.15) is 0 Å². The normalized spacial score (nSPS) is 37.7. The van der Waals surface area contributed by atoms with Crippen molar-refractivity contribution in [2.45, 2.75) is 198 Å². The van der Waals surface area contributed by atoms with Crippen LogP contribution in [-0.2, 0) is 53.9 Å². The van der Waals surface area contributed by atoms with Crippen LogP contribution in [0.3, 0.4) is 0 Å². The molecule has 0 aliphatic carbocycles. The molecule has 3 aliphatic rings. The zero-order valence-electron chi connectivity index (χ0n) is 47.4. The number of alkyl halides is 1. The third-order valence-electron chi connectivity index (χ3n) is 16.9. The van der Waals surface area contributed by atoms with Crippen molar-refractivity contribution in [2.24, 2.45) is 23.7 Å². The number of methoxy groups -OCH3 is 3. The van der Waals surface area contributed by atoms with E-state index in [0.29, 0.717) is 25.1 Å². The number of hydrogen-bond acceptors (Lipinski definition) is 18. The van der Waals surface area contributed by atoms with E-state index in [-0.39, 0.29) is 25.0 Å². The molecule has 3 fully saturated rings. The van der Waals surface area contributed by atoms with Crippen molar-refractivity contribution in [2.75, 3.05) is 41.6 Å². The minimum Gasteiger partial charge on any atom is -0.459 e. The molecule has 1 aromatic carbocycles. The van der Waals surface area contributed by atoms with E-state index >= 15 is 0 Å². The predicted octanol–water partition coefficient (Wildman–Crippen LogP) is 4.73. The van der Waals surface area contributed by atoms with Crippen LogP contribution in [0.25, 0.3) is 11.1 Å². The molecule has 0 amide bonds. The summed E-state index contributed by atoms with van der Waals surface area (Å²) in [7, 11) is 6.36. The van der Waals surface area contributed by atoms with Gasteiger partial charge in [0.25, 0.3) is 0 Å². The van der Waals surface area contributed by atoms with Crippen LogP contribution in [0.2, 0.25) is 0 Å². The Bertz CT molecular complexity index is 2380. The smallest absolute Gasteiger partial charge is 0.311 e. The minimum atomic E-state index is -2.02. The molecule has 5 N–H and O–H groups in total. The van der Waals surface area contributed by atoms with Crippen LogP contribution in [0.1, 0.15) is 118 Å². The number of ketones is 1. The van der Waals surface area contributed by atoms with Gasteiger partial charge in [0.2, 0.25) is 12.4 Å². The summed E-state index contributed by atoms with van der Waals surface area (Å²) in [6, 6.07) is 9.72. The van der Waals surface area contributed by atoms with E-state index in [2.05, 4.69) is 10.3 Å². The third kappa shape index (κ3) is 13.7. The van der Waals surface area contributed by atoms with Gasteiger partial charge in [-0.3, -0.25) is 14.8 Å². The fraction of sp³-hybridized carbons (Fsp3) is 0.732. The van der Waals surface area contributed by atoms with Gasteiger partial charge in [-0.1, -0.05) is 57.2 Å². The number of halogens is 1. The summed E-state index contributed by atoms with van der Waals surface area (Å²) >= 11 is 0. The number of aromatic nitrogens is 4. The van der Waals surface area contributed by atoms with Gasteiger partial charge in [-0.15, -0.1) is 5.10 Å². The average Bonchev–Trinajstić information content (AvgIpc) is 3.90. The van der Waals surface area contributed by atoms with E-state index in [0.717, 1.165) is 21.4 Å². The monoisotopic (exact) mass is 1090 g/mol. The largest absolute Gasteiger partial charge is 0.459 e. The van der Waals surface area contributed by atoms with Crippen molar-refractivity contribution in [1.29, 1.82) is 0 Å². The lowest BCUT2D eigenvalue weighted by Crippen LogP contribution is -2.61. The molecular weight excluding hydrogens is 1000 g/mol. The first-order chi connectivity index (χ1) is 36.3. The third-order valence-corrected chi connectivity index (χ3v) is 16.9. The van der Waals surface area contributed by atoms with E-state index in [1.165, 1.54) is 46.1 Å². The van der Waals surface area contributed by atoms with Gasteiger partial charge in [0.1, 0.15) is 48.5 Å². The van der Waals surface area contributed by atoms with Crippen molar-refractivity contribution in [1.82, 2.24) is 19.9 Å². The fourth-order valence-corrected chi connectivity index (χ4v) is 11.9. The first-order valence-corrected chi connectivity index (χ1v) is 27.0. The standard InChI is InChI=1S/C56H87FN5O15/c1-15-43-56(10,68)49(65)33(4)45(63)31(2)26-55(9,72-14)51(34(5)47(35(6)52(67)75-43)76-44-27-54(8,71-13)50(66)36(7)74-44)77-53-46(64)41(25-32(3)73-53)60(11)24-22-40-30-62(59-58-40)42(28-57)48(70-12)38-20-18-37(19-21-38)39-17-16-23-61(69)29-39/h16-21,23,29-36,41-44,46-51,53,64-66,68-69H,15,22,24-28H2,1-14H3/q+1/t31-,32-,33+,34+,35-,36+,41+,42-,43-,44+,46-,47+,48-,49-,50+,51-,53+,54-,55-,56-/m1/s1. The Morgan fingerprint density at radius 1 is 0.909 bits per heavy atom. The highest BCUT2D eigenvalue weighted by Gasteiger charge is 2.54. The Kier molecular flexibility index (Phi) is 21.0. The molecule has 20 nitrogen and oxygen atoms in total. The van der Waals surface area contributed by atoms with E-state index in [4.69, 9.17) is 37.9 Å². The zero-order valence-corrected chi connectivity index (χ0v) is 47.4. The van der Waals surface area contributed by atoms with E-state index < -0.39 is 133 Å². The van der Waals surface area contributed by atoms with Crippen molar-refractivity contribution in [3.05, 3.63) is 66.2 Å². The molecule has 0 spiro atoms. The molecule has 20 atom stereocenters. The molecule has 5 heterocycles. The summed E-state index contributed by atoms with van der Waals surface area (Å²) in [5.41, 5.74) is -1.52. The number of esters is 1. The number of pyridine rings is 1. The van der Waals surface area contributed by atoms with Crippen LogP contribution < -0.4 is 4.73 Å². The predicted molar refractivity (Wildman–Crippen MR) is 278 cm³/mol. The molecule has 0 unspecified atom stereocenters. The Morgan fingerprint density at radius 2 is 1.58 bits per heavy atom. The molecular formula is C56H87FN5O15+. The van der Waals surface area contributed by atoms with Gasteiger partial charge in [-0.05, 0) is 85.0 Å². The molecule has 0 bridgehead atoms. The number of rotatable bonds is 17. The topological polar surface area (TPSA) is 247 Å². The zero-order chi connectivity index (χ0) is 56.9. The van der Waals surface area contributed by atoms with Crippen LogP contribution in [0.15, 0.2) is 55.0 Å².